The monoisotopic (exact) mass is 754 g/mol. The van der Waals surface area contributed by atoms with Crippen molar-refractivity contribution in [2.24, 2.45) is 0 Å². The molecule has 1 heterocycles. The Morgan fingerprint density at radius 3 is 1.73 bits per heavy atom. The lowest BCUT2D eigenvalue weighted by atomic mass is 10.1. The first-order valence-electron chi connectivity index (χ1n) is 15.6. The summed E-state index contributed by atoms with van der Waals surface area (Å²) in [5, 5.41) is 22.3. The normalized spacial score (nSPS) is 17.5. The lowest BCUT2D eigenvalue weighted by Gasteiger charge is -2.30. The second kappa shape index (κ2) is 16.8. The number of nitrogens with zero attached hydrogens (tertiary/aromatic N) is 2. The molecule has 268 valence electrons. The van der Waals surface area contributed by atoms with Crippen molar-refractivity contribution in [3.05, 3.63) is 146 Å². The van der Waals surface area contributed by atoms with Gasteiger partial charge in [-0.1, -0.05) is 60.7 Å². The highest BCUT2D eigenvalue weighted by Crippen LogP contribution is 2.43. The van der Waals surface area contributed by atoms with Crippen LogP contribution in [0.4, 0.5) is 11.4 Å². The maximum absolute atomic E-state index is 13.7. The van der Waals surface area contributed by atoms with Crippen molar-refractivity contribution in [1.29, 1.82) is 0 Å². The summed E-state index contributed by atoms with van der Waals surface area (Å²) in [7, 11) is -4.60. The average molecular weight is 755 g/mol. The molecule has 0 amide bonds. The quantitative estimate of drug-likeness (QED) is 0.0371. The topological polar surface area (TPSA) is 174 Å². The molecule has 3 atom stereocenters. The van der Waals surface area contributed by atoms with Crippen LogP contribution in [0.1, 0.15) is 35.3 Å². The highest BCUT2D eigenvalue weighted by atomic mass is 32.2. The van der Waals surface area contributed by atoms with Crippen molar-refractivity contribution in [2.75, 3.05) is 6.61 Å². The number of carbonyl (C=O) groups excluding carboxylic acids is 1. The van der Waals surface area contributed by atoms with Crippen LogP contribution in [0.15, 0.2) is 114 Å². The number of nitro groups is 2. The Morgan fingerprint density at radius 2 is 1.24 bits per heavy atom. The van der Waals surface area contributed by atoms with E-state index in [2.05, 4.69) is 0 Å². The number of carbonyl (C=O) groups is 1. The van der Waals surface area contributed by atoms with Gasteiger partial charge in [-0.25, -0.2) is 4.79 Å². The lowest BCUT2D eigenvalue weighted by molar-refractivity contribution is -0.385. The Balaban J connectivity index is 1.46. The molecule has 0 radical (unpaired) electrons. The molecule has 0 aliphatic carbocycles. The van der Waals surface area contributed by atoms with Gasteiger partial charge >= 0.3 is 5.97 Å². The first kappa shape index (κ1) is 37.9. The minimum atomic E-state index is -4.60. The van der Waals surface area contributed by atoms with Gasteiger partial charge in [-0.2, -0.15) is 8.42 Å². The van der Waals surface area contributed by atoms with E-state index in [0.29, 0.717) is 11.5 Å². The number of non-ortho nitro benzene ring substituents is 2. The van der Waals surface area contributed by atoms with Gasteiger partial charge in [0.2, 0.25) is 0 Å². The van der Waals surface area contributed by atoms with E-state index in [4.69, 9.17) is 18.4 Å². The third kappa shape index (κ3) is 10.4. The second-order valence-electron chi connectivity index (χ2n) is 11.8. The molecule has 0 bridgehead atoms. The Hall–Kier alpha value is -4.32. The van der Waals surface area contributed by atoms with Crippen molar-refractivity contribution in [1.82, 2.24) is 0 Å². The van der Waals surface area contributed by atoms with Gasteiger partial charge in [0, 0.05) is 35.8 Å². The number of thioether (sulfide) groups is 2. The minimum Gasteiger partial charge on any atom is -0.459 e. The van der Waals surface area contributed by atoms with Gasteiger partial charge in [0.05, 0.1) is 24.9 Å². The van der Waals surface area contributed by atoms with Crippen LogP contribution >= 0.6 is 23.5 Å². The molecule has 16 heteroatoms. The molecule has 1 aliphatic rings. The van der Waals surface area contributed by atoms with E-state index in [1.165, 1.54) is 12.1 Å². The first-order valence-corrected chi connectivity index (χ1v) is 19.1. The number of rotatable bonds is 16. The molecule has 13 nitrogen and oxygen atoms in total. The predicted molar refractivity (Wildman–Crippen MR) is 192 cm³/mol. The van der Waals surface area contributed by atoms with E-state index in [9.17, 15) is 33.4 Å². The molecule has 1 saturated heterocycles. The van der Waals surface area contributed by atoms with Crippen LogP contribution in [0.2, 0.25) is 0 Å². The first-order chi connectivity index (χ1) is 24.3. The van der Waals surface area contributed by atoms with Gasteiger partial charge < -0.3 is 14.2 Å². The van der Waals surface area contributed by atoms with E-state index in [0.717, 1.165) is 47.5 Å². The van der Waals surface area contributed by atoms with E-state index < -0.39 is 56.6 Å². The molecule has 0 spiro atoms. The molecule has 0 unspecified atom stereocenters. The van der Waals surface area contributed by atoms with Crippen molar-refractivity contribution >= 4 is 51.0 Å². The smallest absolute Gasteiger partial charge is 0.338 e. The number of esters is 1. The van der Waals surface area contributed by atoms with Gasteiger partial charge in [0.1, 0.15) is 24.9 Å². The molecular weight excluding hydrogens is 721 g/mol. The summed E-state index contributed by atoms with van der Waals surface area (Å²) in [4.78, 5) is 33.8. The zero-order valence-electron chi connectivity index (χ0n) is 27.4. The highest BCUT2D eigenvalue weighted by molar-refractivity contribution is 8.16. The minimum absolute atomic E-state index is 0.00671. The fourth-order valence-electron chi connectivity index (χ4n) is 5.15. The maximum Gasteiger partial charge on any atom is 0.338 e. The highest BCUT2D eigenvalue weighted by Gasteiger charge is 2.51. The Bertz CT molecular complexity index is 1870. The maximum atomic E-state index is 13.7. The number of benzene rings is 4. The molecule has 0 N–H and O–H groups in total. The zero-order valence-corrected chi connectivity index (χ0v) is 29.9. The number of hydrogen-bond donors (Lipinski definition) is 0. The van der Waals surface area contributed by atoms with Crippen molar-refractivity contribution in [2.45, 2.75) is 58.9 Å². The van der Waals surface area contributed by atoms with Crippen molar-refractivity contribution in [3.8, 4) is 0 Å². The molecule has 5 rings (SSSR count). The molecule has 0 saturated carbocycles. The third-order valence-electron chi connectivity index (χ3n) is 7.59. The van der Waals surface area contributed by atoms with Crippen LogP contribution in [0.5, 0.6) is 0 Å². The molecule has 4 aromatic carbocycles. The fraction of sp³-hybridized carbons (Fsp3) is 0.286. The van der Waals surface area contributed by atoms with Gasteiger partial charge in [-0.15, -0.1) is 23.5 Å². The summed E-state index contributed by atoms with van der Waals surface area (Å²) in [6, 6.07) is 28.5. The summed E-state index contributed by atoms with van der Waals surface area (Å²) in [6.07, 6.45) is -3.32. The van der Waals surface area contributed by atoms with Crippen molar-refractivity contribution in [3.63, 3.8) is 0 Å². The molecule has 51 heavy (non-hydrogen) atoms. The summed E-state index contributed by atoms with van der Waals surface area (Å²) in [5.74, 6) is -0.881. The fourth-order valence-corrected chi connectivity index (χ4v) is 8.91. The van der Waals surface area contributed by atoms with Crippen LogP contribution in [-0.4, -0.2) is 59.5 Å². The number of hydrogen-bond acceptors (Lipinski definition) is 13. The van der Waals surface area contributed by atoms with Gasteiger partial charge in [-0.05, 0) is 49.2 Å². The molecule has 1 aliphatic heterocycles. The van der Waals surface area contributed by atoms with Crippen LogP contribution in [0, 0.1) is 20.2 Å². The van der Waals surface area contributed by atoms with Gasteiger partial charge in [0.15, 0.2) is 5.79 Å². The summed E-state index contributed by atoms with van der Waals surface area (Å²) < 4.78 is 51.1. The van der Waals surface area contributed by atoms with E-state index in [1.54, 1.807) is 37.4 Å². The van der Waals surface area contributed by atoms with Crippen LogP contribution in [-0.2, 0) is 40.0 Å². The van der Waals surface area contributed by atoms with Gasteiger partial charge in [0.25, 0.3) is 21.5 Å². The lowest BCUT2D eigenvalue weighted by Crippen LogP contribution is -2.45. The average Bonchev–Trinajstić information content (AvgIpc) is 3.45. The summed E-state index contributed by atoms with van der Waals surface area (Å²) in [5.41, 5.74) is 1.58. The predicted octanol–water partition coefficient (Wildman–Crippen LogP) is 7.15. The Morgan fingerprint density at radius 1 is 0.765 bits per heavy atom. The number of nitro benzene ring substituents is 2. The van der Waals surface area contributed by atoms with Gasteiger partial charge in [-0.3, -0.25) is 24.4 Å². The van der Waals surface area contributed by atoms with E-state index in [1.807, 2.05) is 60.7 Å². The largest absolute Gasteiger partial charge is 0.459 e. The SMILES string of the molecule is CC1(C)O[C@@H]([C@@H](COC(=O)c2ccc([N+](=O)[O-])cc2)OS(=O)(=O)c2ccc([N+](=O)[O-])cc2)[C@H](C(SCc2ccccc2)SCc2ccccc2)O1. The molecular formula is C35H34N2O11S3. The zero-order chi connectivity index (χ0) is 36.6. The Labute approximate surface area is 303 Å². The van der Waals surface area contributed by atoms with Crippen LogP contribution < -0.4 is 0 Å². The van der Waals surface area contributed by atoms with E-state index in [-0.39, 0.29) is 26.4 Å². The molecule has 1 fully saturated rings. The standard InChI is InChI=1S/C35H34N2O11S3/c1-35(2)46-31(32(47-35)34(49-22-24-9-5-3-6-10-24)50-23-25-11-7-4-8-12-25)30(21-45-33(38)26-13-15-27(16-14-26)36(39)40)48-51(43,44)29-19-17-28(18-20-29)37(41)42/h3-20,30-32,34H,21-23H2,1-2H3/t30-,31+,32-/m1/s1. The van der Waals surface area contributed by atoms with E-state index >= 15 is 0 Å². The Kier molecular flexibility index (Phi) is 12.5. The number of ether oxygens (including phenoxy) is 3. The van der Waals surface area contributed by atoms with Crippen LogP contribution in [0.3, 0.4) is 0 Å². The molecule has 4 aromatic rings. The van der Waals surface area contributed by atoms with Crippen molar-refractivity contribution < 1.29 is 41.5 Å². The summed E-state index contributed by atoms with van der Waals surface area (Å²) in [6.45, 7) is 2.76. The molecule has 0 aromatic heterocycles. The summed E-state index contributed by atoms with van der Waals surface area (Å²) >= 11 is 3.17. The third-order valence-corrected chi connectivity index (χ3v) is 12.0. The van der Waals surface area contributed by atoms with Crippen LogP contribution in [0.25, 0.3) is 0 Å². The second-order valence-corrected chi connectivity index (χ2v) is 15.9.